The van der Waals surface area contributed by atoms with Crippen molar-refractivity contribution in [3.8, 4) is 0 Å². The van der Waals surface area contributed by atoms with E-state index in [-0.39, 0.29) is 5.54 Å². The normalized spacial score (nSPS) is 17.4. The molecule has 0 bridgehead atoms. The molecule has 0 spiro atoms. The lowest BCUT2D eigenvalue weighted by Crippen LogP contribution is -2.41. The summed E-state index contributed by atoms with van der Waals surface area (Å²) >= 11 is 0. The number of hydrogen-bond donors (Lipinski definition) is 1. The topological polar surface area (TPSA) is 51.0 Å². The van der Waals surface area contributed by atoms with Crippen LogP contribution >= 0.6 is 0 Å². The lowest BCUT2D eigenvalue weighted by molar-refractivity contribution is 0.328. The van der Waals surface area contributed by atoms with E-state index < -0.39 is 0 Å². The lowest BCUT2D eigenvalue weighted by atomic mass is 9.99. The van der Waals surface area contributed by atoms with Gasteiger partial charge in [-0.25, -0.2) is 0 Å². The van der Waals surface area contributed by atoms with Crippen molar-refractivity contribution in [2.75, 3.05) is 0 Å². The second-order valence-electron chi connectivity index (χ2n) is 4.58. The van der Waals surface area contributed by atoms with Crippen LogP contribution in [0.4, 0.5) is 0 Å². The van der Waals surface area contributed by atoms with Gasteiger partial charge in [-0.2, -0.15) is 4.98 Å². The molecule has 1 aliphatic rings. The van der Waals surface area contributed by atoms with E-state index in [0.29, 0.717) is 12.4 Å². The zero-order chi connectivity index (χ0) is 10.2. The maximum atomic E-state index is 4.90. The van der Waals surface area contributed by atoms with Crippen LogP contribution in [0.5, 0.6) is 0 Å². The first-order valence-electron chi connectivity index (χ1n) is 5.12. The fraction of sp³-hybridized carbons (Fsp3) is 0.800. The molecule has 14 heavy (non-hydrogen) atoms. The van der Waals surface area contributed by atoms with E-state index >= 15 is 0 Å². The average Bonchev–Trinajstić information content (AvgIpc) is 2.89. The van der Waals surface area contributed by atoms with Crippen LogP contribution in [-0.2, 0) is 6.54 Å². The fourth-order valence-corrected chi connectivity index (χ4v) is 1.67. The molecule has 4 nitrogen and oxygen atoms in total. The Balaban J connectivity index is 1.87. The Hall–Kier alpha value is -0.900. The van der Waals surface area contributed by atoms with Gasteiger partial charge >= 0.3 is 0 Å². The second kappa shape index (κ2) is 3.35. The highest BCUT2D eigenvalue weighted by Gasteiger charge is 2.37. The summed E-state index contributed by atoms with van der Waals surface area (Å²) in [5.41, 5.74) is 0.203. The van der Waals surface area contributed by atoms with Gasteiger partial charge in [0.15, 0.2) is 5.82 Å². The molecule has 1 aromatic heterocycles. The number of nitrogens with zero attached hydrogens (tertiary/aromatic N) is 2. The molecule has 1 heterocycles. The Kier molecular flexibility index (Phi) is 2.31. The van der Waals surface area contributed by atoms with E-state index in [4.69, 9.17) is 4.52 Å². The molecule has 0 amide bonds. The minimum absolute atomic E-state index is 0.203. The highest BCUT2D eigenvalue weighted by Crippen LogP contribution is 2.39. The second-order valence-corrected chi connectivity index (χ2v) is 4.58. The molecule has 0 atom stereocenters. The monoisotopic (exact) mass is 195 g/mol. The van der Waals surface area contributed by atoms with Crippen LogP contribution in [0.2, 0.25) is 0 Å². The summed E-state index contributed by atoms with van der Waals surface area (Å²) in [7, 11) is 0. The number of nitrogens with one attached hydrogen (secondary N) is 1. The van der Waals surface area contributed by atoms with Crippen LogP contribution in [0.1, 0.15) is 38.4 Å². The Morgan fingerprint density at radius 1 is 1.50 bits per heavy atom. The number of aromatic nitrogens is 2. The van der Waals surface area contributed by atoms with Crippen molar-refractivity contribution in [3.05, 3.63) is 11.7 Å². The van der Waals surface area contributed by atoms with Crippen molar-refractivity contribution in [2.24, 2.45) is 5.92 Å². The van der Waals surface area contributed by atoms with Crippen molar-refractivity contribution in [1.29, 1.82) is 0 Å². The minimum atomic E-state index is 0.203. The van der Waals surface area contributed by atoms with Gasteiger partial charge < -0.3 is 9.84 Å². The summed E-state index contributed by atoms with van der Waals surface area (Å²) in [5.74, 6) is 2.19. The highest BCUT2D eigenvalue weighted by atomic mass is 16.5. The van der Waals surface area contributed by atoms with Crippen molar-refractivity contribution < 1.29 is 4.52 Å². The first-order chi connectivity index (χ1) is 6.58. The summed E-state index contributed by atoms with van der Waals surface area (Å²) in [6, 6.07) is 0. The molecule has 0 aliphatic heterocycles. The first-order valence-corrected chi connectivity index (χ1v) is 5.12. The van der Waals surface area contributed by atoms with E-state index in [1.165, 1.54) is 12.8 Å². The molecule has 0 unspecified atom stereocenters. The van der Waals surface area contributed by atoms with Gasteiger partial charge in [-0.1, -0.05) is 5.16 Å². The Labute approximate surface area is 84.1 Å². The Morgan fingerprint density at radius 2 is 2.21 bits per heavy atom. The quantitative estimate of drug-likeness (QED) is 0.793. The molecular formula is C10H17N3O. The van der Waals surface area contributed by atoms with Gasteiger partial charge in [-0.15, -0.1) is 0 Å². The molecule has 1 saturated carbocycles. The highest BCUT2D eigenvalue weighted by molar-refractivity contribution is 4.96. The smallest absolute Gasteiger partial charge is 0.223 e. The summed E-state index contributed by atoms with van der Waals surface area (Å²) in [6.45, 7) is 6.97. The lowest BCUT2D eigenvalue weighted by Gasteiger charge is -2.25. The van der Waals surface area contributed by atoms with Gasteiger partial charge in [-0.05, 0) is 32.6 Å². The standard InChI is InChI=1S/C10H17N3O/c1-7-12-9(13-14-7)6-11-10(2,3)8-4-5-8/h8,11H,4-6H2,1-3H3. The zero-order valence-corrected chi connectivity index (χ0v) is 9.00. The molecule has 1 fully saturated rings. The van der Waals surface area contributed by atoms with Gasteiger partial charge in [0.25, 0.3) is 0 Å². The summed E-state index contributed by atoms with van der Waals surface area (Å²) in [4.78, 5) is 4.15. The average molecular weight is 195 g/mol. The molecular weight excluding hydrogens is 178 g/mol. The third kappa shape index (κ3) is 2.12. The van der Waals surface area contributed by atoms with Crippen LogP contribution in [0.15, 0.2) is 4.52 Å². The van der Waals surface area contributed by atoms with Gasteiger partial charge in [0.2, 0.25) is 5.89 Å². The molecule has 78 valence electrons. The molecule has 1 aliphatic carbocycles. The maximum absolute atomic E-state index is 4.90. The summed E-state index contributed by atoms with van der Waals surface area (Å²) < 4.78 is 4.90. The first kappa shape index (κ1) is 9.65. The van der Waals surface area contributed by atoms with Crippen molar-refractivity contribution in [2.45, 2.75) is 45.7 Å². The molecule has 2 rings (SSSR count). The molecule has 1 aromatic rings. The van der Waals surface area contributed by atoms with Crippen LogP contribution in [0, 0.1) is 12.8 Å². The van der Waals surface area contributed by atoms with E-state index in [9.17, 15) is 0 Å². The maximum Gasteiger partial charge on any atom is 0.223 e. The minimum Gasteiger partial charge on any atom is -0.340 e. The zero-order valence-electron chi connectivity index (χ0n) is 9.00. The third-order valence-electron chi connectivity index (χ3n) is 2.87. The molecule has 0 saturated heterocycles. The Bertz CT molecular complexity index is 315. The Morgan fingerprint density at radius 3 is 2.71 bits per heavy atom. The predicted molar refractivity (Wildman–Crippen MR) is 52.7 cm³/mol. The third-order valence-corrected chi connectivity index (χ3v) is 2.87. The van der Waals surface area contributed by atoms with Crippen molar-refractivity contribution in [3.63, 3.8) is 0 Å². The van der Waals surface area contributed by atoms with Gasteiger partial charge in [0.1, 0.15) is 0 Å². The van der Waals surface area contributed by atoms with Crippen LogP contribution in [0.3, 0.4) is 0 Å². The van der Waals surface area contributed by atoms with Crippen LogP contribution < -0.4 is 5.32 Å². The number of aryl methyl sites for hydroxylation is 1. The summed E-state index contributed by atoms with van der Waals surface area (Å²) in [6.07, 6.45) is 2.68. The van der Waals surface area contributed by atoms with E-state index in [2.05, 4.69) is 29.3 Å². The van der Waals surface area contributed by atoms with E-state index in [1.54, 1.807) is 0 Å². The van der Waals surface area contributed by atoms with Crippen LogP contribution in [0.25, 0.3) is 0 Å². The largest absolute Gasteiger partial charge is 0.340 e. The van der Waals surface area contributed by atoms with Crippen molar-refractivity contribution in [1.82, 2.24) is 15.5 Å². The summed E-state index contributed by atoms with van der Waals surface area (Å²) in [5, 5.41) is 7.32. The SMILES string of the molecule is Cc1nc(CNC(C)(C)C2CC2)no1. The number of rotatable bonds is 4. The van der Waals surface area contributed by atoms with Crippen LogP contribution in [-0.4, -0.2) is 15.7 Å². The van der Waals surface area contributed by atoms with Gasteiger partial charge in [0.05, 0.1) is 6.54 Å². The fourth-order valence-electron chi connectivity index (χ4n) is 1.67. The van der Waals surface area contributed by atoms with Crippen molar-refractivity contribution >= 4 is 0 Å². The van der Waals surface area contributed by atoms with Gasteiger partial charge in [0, 0.05) is 12.5 Å². The molecule has 0 aromatic carbocycles. The predicted octanol–water partition coefficient (Wildman–Crippen LogP) is 1.66. The van der Waals surface area contributed by atoms with E-state index in [0.717, 1.165) is 11.7 Å². The van der Waals surface area contributed by atoms with Gasteiger partial charge in [-0.3, -0.25) is 0 Å². The molecule has 4 heteroatoms. The number of hydrogen-bond acceptors (Lipinski definition) is 4. The molecule has 0 radical (unpaired) electrons. The molecule has 1 N–H and O–H groups in total. The van der Waals surface area contributed by atoms with E-state index in [1.807, 2.05) is 6.92 Å².